The molecule has 0 saturated carbocycles. The summed E-state index contributed by atoms with van der Waals surface area (Å²) in [4.78, 5) is 18.8. The second-order valence-corrected chi connectivity index (χ2v) is 5.95. The van der Waals surface area contributed by atoms with Crippen LogP contribution in [0.2, 0.25) is 0 Å². The van der Waals surface area contributed by atoms with E-state index in [0.29, 0.717) is 12.3 Å². The van der Waals surface area contributed by atoms with E-state index in [-0.39, 0.29) is 5.91 Å². The molecule has 0 spiro atoms. The number of aromatic nitrogens is 1. The lowest BCUT2D eigenvalue weighted by molar-refractivity contribution is -0.129. The molecule has 1 amide bonds. The van der Waals surface area contributed by atoms with Crippen molar-refractivity contribution in [3.8, 4) is 11.5 Å². The maximum atomic E-state index is 12.3. The summed E-state index contributed by atoms with van der Waals surface area (Å²) in [5.41, 5.74) is 3.54. The quantitative estimate of drug-likeness (QED) is 0.742. The number of nitrogens with zero attached hydrogens (tertiary/aromatic N) is 2. The van der Waals surface area contributed by atoms with Gasteiger partial charge in [-0.05, 0) is 42.7 Å². The Labute approximate surface area is 134 Å². The molecule has 1 aliphatic rings. The fourth-order valence-corrected chi connectivity index (χ4v) is 3.06. The van der Waals surface area contributed by atoms with Crippen LogP contribution in [-0.2, 0) is 11.2 Å². The Hall–Kier alpha value is -2.62. The first kappa shape index (κ1) is 14.0. The van der Waals surface area contributed by atoms with Crippen LogP contribution in [-0.4, -0.2) is 28.9 Å². The maximum absolute atomic E-state index is 12.3. The first-order valence-corrected chi connectivity index (χ1v) is 8.02. The first-order valence-electron chi connectivity index (χ1n) is 8.02. The number of likely N-dealkylation sites (tertiary alicyclic amines) is 1. The summed E-state index contributed by atoms with van der Waals surface area (Å²) in [6.07, 6.45) is 2.68. The average Bonchev–Trinajstić information content (AvgIpc) is 3.24. The topological polar surface area (TPSA) is 46.3 Å². The molecule has 3 aromatic rings. The Balaban J connectivity index is 1.59. The highest BCUT2D eigenvalue weighted by Crippen LogP contribution is 2.25. The minimum absolute atomic E-state index is 0.206. The number of hydrogen-bond donors (Lipinski definition) is 0. The summed E-state index contributed by atoms with van der Waals surface area (Å²) in [5.74, 6) is 0.805. The van der Waals surface area contributed by atoms with Gasteiger partial charge in [0.15, 0.2) is 5.58 Å². The Bertz CT molecular complexity index is 814. The highest BCUT2D eigenvalue weighted by atomic mass is 16.3. The highest BCUT2D eigenvalue weighted by molar-refractivity contribution is 5.80. The van der Waals surface area contributed by atoms with Crippen molar-refractivity contribution in [3.63, 3.8) is 0 Å². The molecule has 1 aromatic heterocycles. The fraction of sp³-hybridized carbons (Fsp3) is 0.263. The van der Waals surface area contributed by atoms with Gasteiger partial charge in [0.25, 0.3) is 0 Å². The third-order valence-electron chi connectivity index (χ3n) is 4.28. The molecule has 2 aromatic carbocycles. The molecular weight excluding hydrogens is 288 g/mol. The molecular formula is C19H18N2O2. The Morgan fingerprint density at radius 2 is 1.91 bits per heavy atom. The van der Waals surface area contributed by atoms with Crippen molar-refractivity contribution in [1.82, 2.24) is 9.88 Å². The molecule has 0 N–H and O–H groups in total. The summed E-state index contributed by atoms with van der Waals surface area (Å²) in [6, 6.07) is 15.6. The lowest BCUT2D eigenvalue weighted by Gasteiger charge is -2.15. The molecule has 23 heavy (non-hydrogen) atoms. The van der Waals surface area contributed by atoms with Crippen LogP contribution in [0.15, 0.2) is 52.9 Å². The molecule has 0 unspecified atom stereocenters. The molecule has 0 bridgehead atoms. The smallest absolute Gasteiger partial charge is 0.227 e. The standard InChI is InChI=1S/C19H18N2O2/c22-18(21-10-3-4-11-21)13-14-6-5-7-15(12-14)19-20-16-8-1-2-9-17(16)23-19/h1-2,5-9,12H,3-4,10-11,13H2. The second-order valence-electron chi connectivity index (χ2n) is 5.95. The Morgan fingerprint density at radius 1 is 1.09 bits per heavy atom. The molecule has 1 fully saturated rings. The van der Waals surface area contributed by atoms with Gasteiger partial charge in [-0.2, -0.15) is 0 Å². The number of benzene rings is 2. The van der Waals surface area contributed by atoms with Gasteiger partial charge in [0.2, 0.25) is 11.8 Å². The van der Waals surface area contributed by atoms with E-state index in [9.17, 15) is 4.79 Å². The van der Waals surface area contributed by atoms with E-state index in [4.69, 9.17) is 4.42 Å². The summed E-state index contributed by atoms with van der Waals surface area (Å²) in [7, 11) is 0. The summed E-state index contributed by atoms with van der Waals surface area (Å²) in [5, 5.41) is 0. The van der Waals surface area contributed by atoms with Crippen molar-refractivity contribution in [2.75, 3.05) is 13.1 Å². The van der Waals surface area contributed by atoms with Crippen LogP contribution < -0.4 is 0 Å². The molecule has 4 nitrogen and oxygen atoms in total. The molecule has 0 radical (unpaired) electrons. The van der Waals surface area contributed by atoms with Crippen LogP contribution in [0.1, 0.15) is 18.4 Å². The van der Waals surface area contributed by atoms with Gasteiger partial charge in [-0.15, -0.1) is 0 Å². The third kappa shape index (κ3) is 2.84. The zero-order valence-corrected chi connectivity index (χ0v) is 12.9. The van der Waals surface area contributed by atoms with Gasteiger partial charge < -0.3 is 9.32 Å². The minimum Gasteiger partial charge on any atom is -0.436 e. The highest BCUT2D eigenvalue weighted by Gasteiger charge is 2.18. The van der Waals surface area contributed by atoms with Gasteiger partial charge in [0.1, 0.15) is 5.52 Å². The largest absolute Gasteiger partial charge is 0.436 e. The van der Waals surface area contributed by atoms with Crippen molar-refractivity contribution in [3.05, 3.63) is 54.1 Å². The predicted molar refractivity (Wildman–Crippen MR) is 89.0 cm³/mol. The van der Waals surface area contributed by atoms with Gasteiger partial charge in [0, 0.05) is 18.7 Å². The monoisotopic (exact) mass is 306 g/mol. The van der Waals surface area contributed by atoms with Crippen molar-refractivity contribution in [1.29, 1.82) is 0 Å². The molecule has 116 valence electrons. The van der Waals surface area contributed by atoms with E-state index in [1.165, 1.54) is 0 Å². The number of hydrogen-bond acceptors (Lipinski definition) is 3. The fourth-order valence-electron chi connectivity index (χ4n) is 3.06. The summed E-state index contributed by atoms with van der Waals surface area (Å²) in [6.45, 7) is 1.79. The molecule has 1 aliphatic heterocycles. The summed E-state index contributed by atoms with van der Waals surface area (Å²) < 4.78 is 5.81. The SMILES string of the molecule is O=C(Cc1cccc(-c2nc3ccccc3o2)c1)N1CCCC1. The molecule has 2 heterocycles. The molecule has 0 aliphatic carbocycles. The van der Waals surface area contributed by atoms with Gasteiger partial charge in [-0.3, -0.25) is 4.79 Å². The lowest BCUT2D eigenvalue weighted by atomic mass is 10.1. The molecule has 4 heteroatoms. The van der Waals surface area contributed by atoms with E-state index in [2.05, 4.69) is 4.98 Å². The summed E-state index contributed by atoms with van der Waals surface area (Å²) >= 11 is 0. The van der Waals surface area contributed by atoms with E-state index < -0.39 is 0 Å². The normalized spacial score (nSPS) is 14.5. The van der Waals surface area contributed by atoms with Crippen LogP contribution in [0.3, 0.4) is 0 Å². The number of carbonyl (C=O) groups excluding carboxylic acids is 1. The van der Waals surface area contributed by atoms with Crippen molar-refractivity contribution in [2.24, 2.45) is 0 Å². The Morgan fingerprint density at radius 3 is 2.74 bits per heavy atom. The van der Waals surface area contributed by atoms with Crippen molar-refractivity contribution >= 4 is 17.0 Å². The minimum atomic E-state index is 0.206. The number of rotatable bonds is 3. The first-order chi connectivity index (χ1) is 11.3. The van der Waals surface area contributed by atoms with Crippen LogP contribution in [0.5, 0.6) is 0 Å². The van der Waals surface area contributed by atoms with Crippen molar-refractivity contribution in [2.45, 2.75) is 19.3 Å². The zero-order chi connectivity index (χ0) is 15.6. The van der Waals surface area contributed by atoms with Crippen molar-refractivity contribution < 1.29 is 9.21 Å². The number of para-hydroxylation sites is 2. The molecule has 1 saturated heterocycles. The van der Waals surface area contributed by atoms with E-state index in [1.54, 1.807) is 0 Å². The number of amides is 1. The van der Waals surface area contributed by atoms with Gasteiger partial charge in [-0.1, -0.05) is 24.3 Å². The van der Waals surface area contributed by atoms with Gasteiger partial charge >= 0.3 is 0 Å². The van der Waals surface area contributed by atoms with E-state index >= 15 is 0 Å². The van der Waals surface area contributed by atoms with Crippen LogP contribution >= 0.6 is 0 Å². The Kier molecular flexibility index (Phi) is 3.58. The van der Waals surface area contributed by atoms with E-state index in [0.717, 1.165) is 48.2 Å². The van der Waals surface area contributed by atoms with Crippen LogP contribution in [0.4, 0.5) is 0 Å². The second kappa shape index (κ2) is 5.88. The average molecular weight is 306 g/mol. The number of oxazole rings is 1. The number of carbonyl (C=O) groups is 1. The van der Waals surface area contributed by atoms with E-state index in [1.807, 2.05) is 53.4 Å². The lowest BCUT2D eigenvalue weighted by Crippen LogP contribution is -2.29. The zero-order valence-electron chi connectivity index (χ0n) is 12.9. The molecule has 4 rings (SSSR count). The van der Waals surface area contributed by atoms with Crippen LogP contribution in [0, 0.1) is 0 Å². The van der Waals surface area contributed by atoms with Crippen LogP contribution in [0.25, 0.3) is 22.6 Å². The van der Waals surface area contributed by atoms with Gasteiger partial charge in [0.05, 0.1) is 6.42 Å². The number of fused-ring (bicyclic) bond motifs is 1. The third-order valence-corrected chi connectivity index (χ3v) is 4.28. The maximum Gasteiger partial charge on any atom is 0.227 e. The van der Waals surface area contributed by atoms with Gasteiger partial charge in [-0.25, -0.2) is 4.98 Å². The molecule has 0 atom stereocenters. The predicted octanol–water partition coefficient (Wildman–Crippen LogP) is 3.66.